The molecule has 2 aromatic heterocycles. The number of aryl methyl sites for hydroxylation is 1. The highest BCUT2D eigenvalue weighted by Gasteiger charge is 2.03. The van der Waals surface area contributed by atoms with Gasteiger partial charge in [0.1, 0.15) is 10.9 Å². The third kappa shape index (κ3) is 3.48. The van der Waals surface area contributed by atoms with Crippen LogP contribution in [0.5, 0.6) is 0 Å². The average molecular weight is 248 g/mol. The first-order chi connectivity index (χ1) is 8.28. The Balaban J connectivity index is 2.06. The van der Waals surface area contributed by atoms with Crippen molar-refractivity contribution in [3.05, 3.63) is 47.2 Å². The predicted molar refractivity (Wildman–Crippen MR) is 65.5 cm³/mol. The molecule has 0 fully saturated rings. The normalized spacial score (nSPS) is 10.5. The zero-order valence-electron chi connectivity index (χ0n) is 9.33. The van der Waals surface area contributed by atoms with Crippen LogP contribution in [0.1, 0.15) is 11.4 Å². The summed E-state index contributed by atoms with van der Waals surface area (Å²) in [5, 5.41) is 11.5. The van der Waals surface area contributed by atoms with Gasteiger partial charge in [0.2, 0.25) is 5.82 Å². The van der Waals surface area contributed by atoms with Crippen LogP contribution < -0.4 is 5.48 Å². The molecular formula is C11H12N4OS. The second-order valence-corrected chi connectivity index (χ2v) is 4.44. The van der Waals surface area contributed by atoms with Crippen LogP contribution in [0.15, 0.2) is 35.6 Å². The highest BCUT2D eigenvalue weighted by Crippen LogP contribution is 2.21. The second kappa shape index (κ2) is 5.72. The van der Waals surface area contributed by atoms with Crippen LogP contribution in [0.25, 0.3) is 0 Å². The quantitative estimate of drug-likeness (QED) is 0.499. The summed E-state index contributed by atoms with van der Waals surface area (Å²) in [6, 6.07) is 5.60. The first kappa shape index (κ1) is 12.0. The monoisotopic (exact) mass is 248 g/mol. The Morgan fingerprint density at radius 3 is 3.00 bits per heavy atom. The molecule has 0 amide bonds. The zero-order chi connectivity index (χ0) is 12.1. The van der Waals surface area contributed by atoms with Gasteiger partial charge in [-0.3, -0.25) is 4.98 Å². The maximum atomic E-state index is 10.7. The van der Waals surface area contributed by atoms with Crippen molar-refractivity contribution < 1.29 is 5.48 Å². The Morgan fingerprint density at radius 1 is 1.41 bits per heavy atom. The summed E-state index contributed by atoms with van der Waals surface area (Å²) in [6.07, 6.45) is 3.56. The van der Waals surface area contributed by atoms with Crippen molar-refractivity contribution in [3.63, 3.8) is 0 Å². The lowest BCUT2D eigenvalue weighted by atomic mass is 10.3. The molecule has 17 heavy (non-hydrogen) atoms. The minimum absolute atomic E-state index is 0.422. The van der Waals surface area contributed by atoms with Crippen molar-refractivity contribution >= 4 is 17.6 Å². The smallest absolute Gasteiger partial charge is 0.228 e. The lowest BCUT2D eigenvalue weighted by molar-refractivity contribution is -0.501. The van der Waals surface area contributed by atoms with E-state index in [4.69, 9.17) is 0 Å². The van der Waals surface area contributed by atoms with E-state index >= 15 is 0 Å². The van der Waals surface area contributed by atoms with Crippen LogP contribution in [0.3, 0.4) is 0 Å². The number of rotatable bonds is 4. The largest absolute Gasteiger partial charge is 0.629 e. The summed E-state index contributed by atoms with van der Waals surface area (Å²) in [6.45, 7) is 1.78. The van der Waals surface area contributed by atoms with Crippen LogP contribution in [-0.4, -0.2) is 15.0 Å². The molecule has 0 aliphatic rings. The van der Waals surface area contributed by atoms with E-state index in [2.05, 4.69) is 15.0 Å². The Bertz CT molecular complexity index is 492. The molecule has 0 spiro atoms. The lowest BCUT2D eigenvalue weighted by Crippen LogP contribution is -2.70. The Morgan fingerprint density at radius 2 is 2.29 bits per heavy atom. The number of thioether (sulfide) groups is 1. The molecule has 0 saturated heterocycles. The molecule has 0 aliphatic carbocycles. The number of quaternary nitrogens is 1. The number of aromatic nitrogens is 3. The molecule has 5 nitrogen and oxygen atoms in total. The standard InChI is InChI=1S/C11H12N4OS/c1-8-13-10(15-16)5-11(14-8)17-7-9-3-2-4-12-6-9/h2-6H,7,15H2,1H3. The van der Waals surface area contributed by atoms with Gasteiger partial charge in [0, 0.05) is 18.1 Å². The fourth-order valence-corrected chi connectivity index (χ4v) is 2.22. The third-order valence-corrected chi connectivity index (χ3v) is 3.05. The third-order valence-electron chi connectivity index (χ3n) is 2.06. The van der Waals surface area contributed by atoms with Gasteiger partial charge in [0.25, 0.3) is 0 Å². The van der Waals surface area contributed by atoms with Gasteiger partial charge in [-0.05, 0) is 18.6 Å². The highest BCUT2D eigenvalue weighted by molar-refractivity contribution is 7.98. The van der Waals surface area contributed by atoms with Crippen molar-refractivity contribution in [2.24, 2.45) is 0 Å². The minimum atomic E-state index is 0.422. The minimum Gasteiger partial charge on any atom is -0.629 e. The molecule has 2 rings (SSSR count). The van der Waals surface area contributed by atoms with E-state index in [1.165, 1.54) is 0 Å². The van der Waals surface area contributed by atoms with Crippen molar-refractivity contribution in [1.82, 2.24) is 15.0 Å². The summed E-state index contributed by atoms with van der Waals surface area (Å²) in [5.41, 5.74) is 1.87. The number of hydrogen-bond donors (Lipinski definition) is 1. The lowest BCUT2D eigenvalue weighted by Gasteiger charge is -2.05. The van der Waals surface area contributed by atoms with Gasteiger partial charge in [0.05, 0.1) is 6.07 Å². The number of pyridine rings is 1. The predicted octanol–water partition coefficient (Wildman–Crippen LogP) is 1.17. The van der Waals surface area contributed by atoms with Crippen molar-refractivity contribution in [1.29, 1.82) is 0 Å². The second-order valence-electron chi connectivity index (χ2n) is 3.45. The number of hydrogen-bond acceptors (Lipinski definition) is 5. The molecule has 0 unspecified atom stereocenters. The molecule has 0 aliphatic heterocycles. The molecule has 0 saturated carbocycles. The maximum Gasteiger partial charge on any atom is 0.228 e. The van der Waals surface area contributed by atoms with Crippen LogP contribution in [0.2, 0.25) is 0 Å². The first-order valence-electron chi connectivity index (χ1n) is 5.10. The molecule has 0 aromatic carbocycles. The van der Waals surface area contributed by atoms with Gasteiger partial charge in [0.15, 0.2) is 0 Å². The fourth-order valence-electron chi connectivity index (χ4n) is 1.34. The van der Waals surface area contributed by atoms with Crippen molar-refractivity contribution in [3.8, 4) is 0 Å². The Kier molecular flexibility index (Phi) is 4.03. The zero-order valence-corrected chi connectivity index (χ0v) is 10.1. The van der Waals surface area contributed by atoms with Crippen LogP contribution >= 0.6 is 11.8 Å². The molecule has 6 heteroatoms. The van der Waals surface area contributed by atoms with Gasteiger partial charge in [-0.15, -0.1) is 11.8 Å². The average Bonchev–Trinajstić information content (AvgIpc) is 2.37. The summed E-state index contributed by atoms with van der Waals surface area (Å²) in [5.74, 6) is 1.82. The van der Waals surface area contributed by atoms with E-state index in [1.807, 2.05) is 18.3 Å². The van der Waals surface area contributed by atoms with Gasteiger partial charge >= 0.3 is 0 Å². The van der Waals surface area contributed by atoms with Crippen molar-refractivity contribution in [2.45, 2.75) is 17.7 Å². The molecule has 2 N–H and O–H groups in total. The SMILES string of the molecule is Cc1nc([NH2+][O-])cc(SCc2cccnc2)n1. The van der Waals surface area contributed by atoms with Crippen molar-refractivity contribution in [2.75, 3.05) is 0 Å². The molecule has 2 heterocycles. The van der Waals surface area contributed by atoms with E-state index in [0.717, 1.165) is 21.8 Å². The summed E-state index contributed by atoms with van der Waals surface area (Å²) in [7, 11) is 0. The van der Waals surface area contributed by atoms with Crippen LogP contribution in [-0.2, 0) is 5.75 Å². The van der Waals surface area contributed by atoms with E-state index < -0.39 is 0 Å². The Hall–Kier alpha value is -1.50. The van der Waals surface area contributed by atoms with Gasteiger partial charge in [-0.1, -0.05) is 6.07 Å². The van der Waals surface area contributed by atoms with Gasteiger partial charge < -0.3 is 10.7 Å². The molecular weight excluding hydrogens is 236 g/mol. The number of nitrogens with zero attached hydrogens (tertiary/aromatic N) is 3. The first-order valence-corrected chi connectivity index (χ1v) is 6.09. The molecule has 2 aromatic rings. The maximum absolute atomic E-state index is 10.7. The molecule has 0 radical (unpaired) electrons. The topological polar surface area (TPSA) is 78.3 Å². The van der Waals surface area contributed by atoms with Crippen LogP contribution in [0.4, 0.5) is 5.82 Å². The highest BCUT2D eigenvalue weighted by atomic mass is 32.2. The van der Waals surface area contributed by atoms with E-state index in [0.29, 0.717) is 11.6 Å². The van der Waals surface area contributed by atoms with Gasteiger partial charge in [-0.25, -0.2) is 4.98 Å². The molecule has 88 valence electrons. The molecule has 0 atom stereocenters. The summed E-state index contributed by atoms with van der Waals surface area (Å²) >= 11 is 1.57. The van der Waals surface area contributed by atoms with E-state index in [1.54, 1.807) is 30.9 Å². The fraction of sp³-hybridized carbons (Fsp3) is 0.182. The Labute approximate surface area is 103 Å². The number of nitrogens with two attached hydrogens (primary N) is 1. The van der Waals surface area contributed by atoms with Crippen LogP contribution in [0, 0.1) is 12.1 Å². The summed E-state index contributed by atoms with van der Waals surface area (Å²) in [4.78, 5) is 12.3. The summed E-state index contributed by atoms with van der Waals surface area (Å²) < 4.78 is 0. The van der Waals surface area contributed by atoms with Gasteiger partial charge in [-0.2, -0.15) is 4.98 Å². The van der Waals surface area contributed by atoms with E-state index in [-0.39, 0.29) is 0 Å². The van der Waals surface area contributed by atoms with E-state index in [9.17, 15) is 5.21 Å². The molecule has 0 bridgehead atoms.